The van der Waals surface area contributed by atoms with Gasteiger partial charge < -0.3 is 5.11 Å². The van der Waals surface area contributed by atoms with E-state index in [4.69, 9.17) is 5.11 Å². The zero-order valence-corrected chi connectivity index (χ0v) is 7.30. The van der Waals surface area contributed by atoms with Crippen LogP contribution in [0.3, 0.4) is 0 Å². The Bertz CT molecular complexity index is 112. The van der Waals surface area contributed by atoms with Gasteiger partial charge >= 0.3 is 5.97 Å². The molecule has 0 rings (SSSR count). The highest BCUT2D eigenvalue weighted by molar-refractivity contribution is 8.77. The van der Waals surface area contributed by atoms with Crippen LogP contribution in [0.1, 0.15) is 13.8 Å². The Morgan fingerprint density at radius 1 is 1.56 bits per heavy atom. The van der Waals surface area contributed by atoms with Crippen LogP contribution in [-0.2, 0) is 4.79 Å². The molecule has 0 aromatic heterocycles. The van der Waals surface area contributed by atoms with Crippen molar-refractivity contribution in [1.29, 1.82) is 0 Å². The van der Waals surface area contributed by atoms with Gasteiger partial charge in [-0.25, -0.2) is 0 Å². The van der Waals surface area contributed by atoms with E-state index in [1.165, 1.54) is 21.6 Å². The van der Waals surface area contributed by atoms with Crippen molar-refractivity contribution in [2.45, 2.75) is 18.6 Å². The quantitative estimate of drug-likeness (QED) is 0.649. The third-order valence-electron chi connectivity index (χ3n) is 0.807. The Morgan fingerprint density at radius 2 is 2.00 bits per heavy atom. The highest BCUT2D eigenvalue weighted by atomic mass is 33.1. The Hall–Kier alpha value is 0.170. The summed E-state index contributed by atoms with van der Waals surface area (Å²) in [5, 5.41) is 8.54. The zero-order chi connectivity index (χ0) is 7.49. The molecule has 0 aliphatic rings. The summed E-state index contributed by atoms with van der Waals surface area (Å²) >= 11 is 0. The normalized spacial score (nSPS) is 11.4. The predicted molar refractivity (Wildman–Crippen MR) is 42.8 cm³/mol. The van der Waals surface area contributed by atoms with Gasteiger partial charge in [0, 0.05) is 0 Å². The van der Waals surface area contributed by atoms with Crippen molar-refractivity contribution in [1.82, 2.24) is 0 Å². The summed E-state index contributed by atoms with van der Waals surface area (Å²) in [6, 6.07) is 0. The maximum absolute atomic E-state index is 10.4. The number of hydrogen-bond acceptors (Lipinski definition) is 3. The molecule has 0 saturated heterocycles. The van der Waals surface area contributed by atoms with Crippen LogP contribution in [0.2, 0.25) is 0 Å². The van der Waals surface area contributed by atoms with Crippen molar-refractivity contribution in [3.8, 4) is 0 Å². The van der Waals surface area contributed by atoms with Crippen molar-refractivity contribution < 1.29 is 9.90 Å². The van der Waals surface area contributed by atoms with Gasteiger partial charge in [-0.1, -0.05) is 21.6 Å². The molecule has 0 aliphatic heterocycles. The average molecular weight is 166 g/mol. The highest BCUT2D eigenvalue weighted by Gasteiger charge is 2.27. The van der Waals surface area contributed by atoms with Gasteiger partial charge in [-0.3, -0.25) is 4.79 Å². The standard InChI is InChI=1S/C5H10O2S2/c1-5(2,4(6)7)9-8-3/h1-3H3,(H,6,7). The first-order valence-corrected chi connectivity index (χ1v) is 5.01. The molecule has 2 nitrogen and oxygen atoms in total. The minimum atomic E-state index is -0.762. The minimum absolute atomic E-state index is 0.653. The Labute approximate surface area is 62.8 Å². The van der Waals surface area contributed by atoms with E-state index in [0.29, 0.717) is 0 Å². The van der Waals surface area contributed by atoms with Crippen molar-refractivity contribution in [2.75, 3.05) is 6.26 Å². The summed E-state index contributed by atoms with van der Waals surface area (Å²) in [5.74, 6) is -0.762. The summed E-state index contributed by atoms with van der Waals surface area (Å²) in [5.41, 5.74) is 0. The second-order valence-electron chi connectivity index (χ2n) is 2.07. The Kier molecular flexibility index (Phi) is 3.43. The molecule has 0 unspecified atom stereocenters. The number of carboxylic acids is 1. The topological polar surface area (TPSA) is 37.3 Å². The number of aliphatic carboxylic acids is 1. The molecule has 0 aromatic carbocycles. The summed E-state index contributed by atoms with van der Waals surface area (Å²) in [4.78, 5) is 10.4. The molecule has 9 heavy (non-hydrogen) atoms. The van der Waals surface area contributed by atoms with Crippen LogP contribution >= 0.6 is 21.6 Å². The molecule has 0 aromatic rings. The maximum Gasteiger partial charge on any atom is 0.320 e. The van der Waals surface area contributed by atoms with Gasteiger partial charge in [0.05, 0.1) is 0 Å². The highest BCUT2D eigenvalue weighted by Crippen LogP contribution is 2.33. The number of carbonyl (C=O) groups is 1. The first-order chi connectivity index (χ1) is 4.00. The summed E-state index contributed by atoms with van der Waals surface area (Å²) in [6.07, 6.45) is 1.87. The third-order valence-corrected chi connectivity index (χ3v) is 3.31. The molecule has 0 spiro atoms. The maximum atomic E-state index is 10.4. The number of carboxylic acid groups (broad SMARTS) is 1. The van der Waals surface area contributed by atoms with E-state index in [1.54, 1.807) is 13.8 Å². The van der Waals surface area contributed by atoms with E-state index in [9.17, 15) is 4.79 Å². The Balaban J connectivity index is 3.85. The van der Waals surface area contributed by atoms with E-state index >= 15 is 0 Å². The fourth-order valence-corrected chi connectivity index (χ4v) is 2.20. The average Bonchev–Trinajstić information content (AvgIpc) is 1.65. The second-order valence-corrected chi connectivity index (χ2v) is 5.09. The smallest absolute Gasteiger partial charge is 0.320 e. The lowest BCUT2D eigenvalue weighted by Crippen LogP contribution is -2.25. The van der Waals surface area contributed by atoms with Crippen LogP contribution in [0.25, 0.3) is 0 Å². The van der Waals surface area contributed by atoms with Crippen LogP contribution in [0.5, 0.6) is 0 Å². The van der Waals surface area contributed by atoms with Crippen molar-refractivity contribution in [3.05, 3.63) is 0 Å². The van der Waals surface area contributed by atoms with E-state index in [0.717, 1.165) is 0 Å². The van der Waals surface area contributed by atoms with Crippen LogP contribution in [0, 0.1) is 0 Å². The largest absolute Gasteiger partial charge is 0.480 e. The molecule has 0 radical (unpaired) electrons. The lowest BCUT2D eigenvalue weighted by Gasteiger charge is -2.15. The molecule has 0 aliphatic carbocycles. The van der Waals surface area contributed by atoms with Gasteiger partial charge in [0.25, 0.3) is 0 Å². The zero-order valence-electron chi connectivity index (χ0n) is 5.67. The molecule has 0 fully saturated rings. The molecule has 0 saturated carbocycles. The van der Waals surface area contributed by atoms with Gasteiger partial charge in [0.2, 0.25) is 0 Å². The summed E-state index contributed by atoms with van der Waals surface area (Å²) in [7, 11) is 2.83. The van der Waals surface area contributed by atoms with Gasteiger partial charge in [0.15, 0.2) is 0 Å². The lowest BCUT2D eigenvalue weighted by molar-refractivity contribution is -0.138. The second kappa shape index (κ2) is 3.37. The van der Waals surface area contributed by atoms with E-state index in [2.05, 4.69) is 0 Å². The molecule has 1 N–H and O–H groups in total. The van der Waals surface area contributed by atoms with Crippen molar-refractivity contribution in [3.63, 3.8) is 0 Å². The van der Waals surface area contributed by atoms with Crippen molar-refractivity contribution in [2.24, 2.45) is 0 Å². The number of hydrogen-bond donors (Lipinski definition) is 1. The summed E-state index contributed by atoms with van der Waals surface area (Å²) in [6.45, 7) is 3.38. The number of rotatable bonds is 3. The van der Waals surface area contributed by atoms with Gasteiger partial charge in [-0.2, -0.15) is 0 Å². The Morgan fingerprint density at radius 3 is 2.11 bits per heavy atom. The lowest BCUT2D eigenvalue weighted by atomic mass is 10.2. The third kappa shape index (κ3) is 3.01. The van der Waals surface area contributed by atoms with Gasteiger partial charge in [-0.15, -0.1) is 0 Å². The van der Waals surface area contributed by atoms with Crippen LogP contribution in [0.4, 0.5) is 0 Å². The van der Waals surface area contributed by atoms with Crippen molar-refractivity contribution >= 4 is 27.6 Å². The molecule has 4 heteroatoms. The molecular weight excluding hydrogens is 156 g/mol. The first kappa shape index (κ1) is 9.17. The molecule has 54 valence electrons. The monoisotopic (exact) mass is 166 g/mol. The van der Waals surface area contributed by atoms with E-state index < -0.39 is 10.7 Å². The summed E-state index contributed by atoms with van der Waals surface area (Å²) < 4.78 is -0.653. The fourth-order valence-electron chi connectivity index (χ4n) is 0.244. The van der Waals surface area contributed by atoms with E-state index in [1.807, 2.05) is 6.26 Å². The molecular formula is C5H10O2S2. The fraction of sp³-hybridized carbons (Fsp3) is 0.800. The molecule has 0 heterocycles. The van der Waals surface area contributed by atoms with Crippen LogP contribution in [-0.4, -0.2) is 22.1 Å². The molecule has 0 atom stereocenters. The van der Waals surface area contributed by atoms with E-state index in [-0.39, 0.29) is 0 Å². The predicted octanol–water partition coefficient (Wildman–Crippen LogP) is 1.86. The van der Waals surface area contributed by atoms with Crippen LogP contribution in [0.15, 0.2) is 0 Å². The molecule has 0 amide bonds. The SMILES string of the molecule is CSSC(C)(C)C(=O)O. The van der Waals surface area contributed by atoms with Gasteiger partial charge in [-0.05, 0) is 20.1 Å². The van der Waals surface area contributed by atoms with Gasteiger partial charge in [0.1, 0.15) is 4.75 Å². The molecule has 0 bridgehead atoms. The first-order valence-electron chi connectivity index (χ1n) is 2.46. The minimum Gasteiger partial charge on any atom is -0.480 e. The van der Waals surface area contributed by atoms with Crippen LogP contribution < -0.4 is 0 Å².